The molecule has 1 aliphatic heterocycles. The molecule has 0 spiro atoms. The highest BCUT2D eigenvalue weighted by Gasteiger charge is 2.44. The fraction of sp³-hybridized carbons (Fsp3) is 0.480. The highest BCUT2D eigenvalue weighted by Crippen LogP contribution is 2.36. The van der Waals surface area contributed by atoms with Gasteiger partial charge in [0.2, 0.25) is 0 Å². The highest BCUT2D eigenvalue weighted by molar-refractivity contribution is 7.93. The van der Waals surface area contributed by atoms with Crippen LogP contribution in [0.15, 0.2) is 41.8 Å². The molecule has 2 unspecified atom stereocenters. The molecular weight excluding hydrogens is 460 g/mol. The number of aryl methyl sites for hydroxylation is 3. The SMILES string of the molecule is Cc1cc(C)c(Cc2csc(N3CCC(S(=O)(=O)C4C=CC=CC4(C)Cl)CC3)n2)c(C)c1. The van der Waals surface area contributed by atoms with Gasteiger partial charge in [0.15, 0.2) is 15.0 Å². The second kappa shape index (κ2) is 8.96. The number of piperidine rings is 1. The van der Waals surface area contributed by atoms with Crippen molar-refractivity contribution in [2.75, 3.05) is 18.0 Å². The quantitative estimate of drug-likeness (QED) is 0.516. The molecule has 2 aliphatic rings. The van der Waals surface area contributed by atoms with E-state index < -0.39 is 20.0 Å². The summed E-state index contributed by atoms with van der Waals surface area (Å²) in [6.45, 7) is 9.63. The first-order chi connectivity index (χ1) is 15.1. The molecule has 2 heterocycles. The van der Waals surface area contributed by atoms with Gasteiger partial charge >= 0.3 is 0 Å². The second-order valence-electron chi connectivity index (χ2n) is 9.27. The van der Waals surface area contributed by atoms with Gasteiger partial charge in [0.25, 0.3) is 0 Å². The van der Waals surface area contributed by atoms with Gasteiger partial charge < -0.3 is 4.90 Å². The molecule has 172 valence electrons. The molecule has 0 N–H and O–H groups in total. The summed E-state index contributed by atoms with van der Waals surface area (Å²) < 4.78 is 26.6. The molecule has 1 aliphatic carbocycles. The summed E-state index contributed by atoms with van der Waals surface area (Å²) in [4.78, 5) is 6.23. The van der Waals surface area contributed by atoms with Crippen molar-refractivity contribution < 1.29 is 8.42 Å². The number of anilines is 1. The van der Waals surface area contributed by atoms with Gasteiger partial charge in [0.05, 0.1) is 15.8 Å². The Labute approximate surface area is 200 Å². The van der Waals surface area contributed by atoms with Crippen LogP contribution in [-0.4, -0.2) is 41.9 Å². The van der Waals surface area contributed by atoms with Crippen LogP contribution in [0.5, 0.6) is 0 Å². The Morgan fingerprint density at radius 3 is 2.44 bits per heavy atom. The van der Waals surface area contributed by atoms with Crippen LogP contribution < -0.4 is 4.90 Å². The lowest BCUT2D eigenvalue weighted by Gasteiger charge is -2.36. The van der Waals surface area contributed by atoms with Crippen LogP contribution >= 0.6 is 22.9 Å². The summed E-state index contributed by atoms with van der Waals surface area (Å²) >= 11 is 8.18. The Morgan fingerprint density at radius 1 is 1.16 bits per heavy atom. The Morgan fingerprint density at radius 2 is 1.81 bits per heavy atom. The Bertz CT molecular complexity index is 1130. The van der Waals surface area contributed by atoms with E-state index in [0.717, 1.165) is 17.2 Å². The zero-order valence-electron chi connectivity index (χ0n) is 19.1. The lowest BCUT2D eigenvalue weighted by Crippen LogP contribution is -2.47. The van der Waals surface area contributed by atoms with Crippen LogP contribution in [0.1, 0.15) is 47.7 Å². The second-order valence-corrected chi connectivity index (χ2v) is 13.3. The molecule has 7 heteroatoms. The molecule has 4 nitrogen and oxygen atoms in total. The van der Waals surface area contributed by atoms with Gasteiger partial charge in [-0.1, -0.05) is 42.0 Å². The van der Waals surface area contributed by atoms with Crippen molar-refractivity contribution in [2.24, 2.45) is 0 Å². The minimum absolute atomic E-state index is 0.365. The largest absolute Gasteiger partial charge is 0.348 e. The first kappa shape index (κ1) is 23.5. The molecule has 2 aromatic rings. The minimum atomic E-state index is -3.36. The average molecular weight is 491 g/mol. The zero-order chi connectivity index (χ0) is 23.1. The normalized spacial score (nSPS) is 24.3. The van der Waals surface area contributed by atoms with Gasteiger partial charge in [-0.25, -0.2) is 13.4 Å². The van der Waals surface area contributed by atoms with E-state index in [1.165, 1.54) is 22.3 Å². The van der Waals surface area contributed by atoms with Crippen LogP contribution in [0.4, 0.5) is 5.13 Å². The maximum absolute atomic E-state index is 13.3. The number of alkyl halides is 1. The molecule has 1 fully saturated rings. The van der Waals surface area contributed by atoms with Crippen molar-refractivity contribution in [2.45, 2.75) is 62.3 Å². The predicted molar refractivity (Wildman–Crippen MR) is 136 cm³/mol. The zero-order valence-corrected chi connectivity index (χ0v) is 21.5. The number of aromatic nitrogens is 1. The molecular formula is C25H31ClN2O2S2. The van der Waals surface area contributed by atoms with Crippen molar-refractivity contribution in [1.82, 2.24) is 4.98 Å². The predicted octanol–water partition coefficient (Wildman–Crippen LogP) is 5.53. The van der Waals surface area contributed by atoms with E-state index in [0.29, 0.717) is 25.9 Å². The van der Waals surface area contributed by atoms with Crippen LogP contribution in [0, 0.1) is 20.8 Å². The summed E-state index contributed by atoms with van der Waals surface area (Å²) in [5, 5.41) is 2.08. The Hall–Kier alpha value is -1.63. The summed E-state index contributed by atoms with van der Waals surface area (Å²) in [5.74, 6) is 0. The molecule has 32 heavy (non-hydrogen) atoms. The first-order valence-electron chi connectivity index (χ1n) is 11.1. The third-order valence-electron chi connectivity index (χ3n) is 6.64. The molecule has 0 bridgehead atoms. The summed E-state index contributed by atoms with van der Waals surface area (Å²) in [5.41, 5.74) is 6.32. The van der Waals surface area contributed by atoms with Gasteiger partial charge in [-0.05, 0) is 57.2 Å². The number of hydrogen-bond acceptors (Lipinski definition) is 5. The summed E-state index contributed by atoms with van der Waals surface area (Å²) in [6.07, 6.45) is 9.16. The van der Waals surface area contributed by atoms with E-state index in [1.54, 1.807) is 36.5 Å². The number of hydrogen-bond donors (Lipinski definition) is 0. The van der Waals surface area contributed by atoms with Gasteiger partial charge in [-0.15, -0.1) is 22.9 Å². The number of thiazole rings is 1. The Kier molecular flexibility index (Phi) is 6.59. The molecule has 1 saturated heterocycles. The van der Waals surface area contributed by atoms with Crippen LogP contribution in [0.2, 0.25) is 0 Å². The number of rotatable bonds is 5. The van der Waals surface area contributed by atoms with Crippen LogP contribution in [0.25, 0.3) is 0 Å². The van der Waals surface area contributed by atoms with Crippen molar-refractivity contribution in [3.63, 3.8) is 0 Å². The van der Waals surface area contributed by atoms with Crippen LogP contribution in [0.3, 0.4) is 0 Å². The van der Waals surface area contributed by atoms with Crippen LogP contribution in [-0.2, 0) is 16.3 Å². The lowest BCUT2D eigenvalue weighted by molar-refractivity contribution is 0.518. The van der Waals surface area contributed by atoms with E-state index in [1.807, 2.05) is 6.08 Å². The number of sulfone groups is 1. The molecule has 1 aromatic carbocycles. The Balaban J connectivity index is 1.42. The van der Waals surface area contributed by atoms with Gasteiger partial charge in [0, 0.05) is 24.9 Å². The van der Waals surface area contributed by atoms with E-state index in [4.69, 9.17) is 16.6 Å². The monoisotopic (exact) mass is 490 g/mol. The highest BCUT2D eigenvalue weighted by atomic mass is 35.5. The van der Waals surface area contributed by atoms with Gasteiger partial charge in [-0.3, -0.25) is 0 Å². The molecule has 0 radical (unpaired) electrons. The number of benzene rings is 1. The van der Waals surface area contributed by atoms with E-state index in [9.17, 15) is 8.42 Å². The van der Waals surface area contributed by atoms with E-state index >= 15 is 0 Å². The fourth-order valence-corrected chi connectivity index (χ4v) is 8.61. The van der Waals surface area contributed by atoms with E-state index in [-0.39, 0.29) is 5.25 Å². The third kappa shape index (κ3) is 4.68. The lowest BCUT2D eigenvalue weighted by atomic mass is 9.96. The topological polar surface area (TPSA) is 50.3 Å². The maximum Gasteiger partial charge on any atom is 0.185 e. The van der Waals surface area contributed by atoms with Gasteiger partial charge in [-0.2, -0.15) is 0 Å². The summed E-state index contributed by atoms with van der Waals surface area (Å²) in [7, 11) is -3.36. The fourth-order valence-electron chi connectivity index (χ4n) is 4.90. The average Bonchev–Trinajstić information content (AvgIpc) is 3.19. The smallest absolute Gasteiger partial charge is 0.185 e. The van der Waals surface area contributed by atoms with Crippen molar-refractivity contribution in [1.29, 1.82) is 0 Å². The molecule has 0 saturated carbocycles. The first-order valence-corrected chi connectivity index (χ1v) is 14.0. The van der Waals surface area contributed by atoms with Gasteiger partial charge in [0.1, 0.15) is 5.25 Å². The number of nitrogens with zero attached hydrogens (tertiary/aromatic N) is 2. The minimum Gasteiger partial charge on any atom is -0.348 e. The number of allylic oxidation sites excluding steroid dienone is 3. The van der Waals surface area contributed by atoms with E-state index in [2.05, 4.69) is 43.2 Å². The third-order valence-corrected chi connectivity index (χ3v) is 10.8. The molecule has 2 atom stereocenters. The van der Waals surface area contributed by atoms with Crippen molar-refractivity contribution in [3.05, 3.63) is 69.8 Å². The van der Waals surface area contributed by atoms with Crippen molar-refractivity contribution >= 4 is 37.9 Å². The number of halogens is 1. The standard InChI is InChI=1S/C25H31ClN2O2S2/c1-17-13-18(2)22(19(3)14-17)15-20-16-31-24(27-20)28-11-8-21(9-12-28)32(29,30)23-7-5-6-10-25(23,4)26/h5-7,10,13-14,16,21,23H,8-9,11-12,15H2,1-4H3. The maximum atomic E-state index is 13.3. The molecule has 1 aromatic heterocycles. The van der Waals surface area contributed by atoms with Crippen molar-refractivity contribution in [3.8, 4) is 0 Å². The molecule has 0 amide bonds. The molecule has 4 rings (SSSR count). The summed E-state index contributed by atoms with van der Waals surface area (Å²) in [6, 6.07) is 4.45.